The van der Waals surface area contributed by atoms with Gasteiger partial charge in [-0.05, 0) is 19.3 Å². The van der Waals surface area contributed by atoms with Crippen molar-refractivity contribution in [3.05, 3.63) is 13.7 Å². The Morgan fingerprint density at radius 3 is 2.22 bits per heavy atom. The number of hydrogen-bond acceptors (Lipinski definition) is 3. The number of hydrogen-bond donors (Lipinski definition) is 1. The van der Waals surface area contributed by atoms with Gasteiger partial charge in [0.2, 0.25) is 0 Å². The molecule has 0 saturated heterocycles. The number of rotatable bonds is 0. The van der Waals surface area contributed by atoms with E-state index in [0.717, 1.165) is 3.98 Å². The van der Waals surface area contributed by atoms with E-state index < -0.39 is 0 Å². The van der Waals surface area contributed by atoms with Crippen molar-refractivity contribution in [1.82, 2.24) is 0 Å². The molecule has 0 aliphatic heterocycles. The first-order valence-electron chi connectivity index (χ1n) is 3.02. The van der Waals surface area contributed by atoms with Gasteiger partial charge in [0.25, 0.3) is 0 Å². The van der Waals surface area contributed by atoms with Crippen LogP contribution in [0, 0.1) is 5.41 Å². The fourth-order valence-corrected chi connectivity index (χ4v) is 3.54. The van der Waals surface area contributed by atoms with Gasteiger partial charge in [-0.2, -0.15) is 0 Å². The van der Waals surface area contributed by atoms with Gasteiger partial charge in [-0.25, -0.2) is 0 Å². The second-order valence-corrected chi connectivity index (χ2v) is 4.66. The molecule has 1 aromatic rings. The highest BCUT2D eigenvalue weighted by Crippen LogP contribution is 2.26. The second-order valence-electron chi connectivity index (χ2n) is 2.19. The Balaban J connectivity index is 2.64. The Morgan fingerprint density at radius 2 is 1.67 bits per heavy atom. The highest BCUT2D eigenvalue weighted by molar-refractivity contribution is 7.27. The molecule has 0 radical (unpaired) electrons. The van der Waals surface area contributed by atoms with Gasteiger partial charge in [0.1, 0.15) is 0 Å². The van der Waals surface area contributed by atoms with Crippen LogP contribution in [0.4, 0.5) is 0 Å². The fraction of sp³-hybridized carbons (Fsp3) is 0.500. The number of aryl methyl sites for hydroxylation is 2. The highest BCUT2D eigenvalue weighted by atomic mass is 32.2. The maximum Gasteiger partial charge on any atom is 0.163 e. The SMILES string of the molecule is N=c1sc2c(s1)CCC2. The van der Waals surface area contributed by atoms with Crippen LogP contribution in [0.2, 0.25) is 0 Å². The summed E-state index contributed by atoms with van der Waals surface area (Å²) in [6.07, 6.45) is 3.78. The van der Waals surface area contributed by atoms with Crippen LogP contribution < -0.4 is 3.98 Å². The summed E-state index contributed by atoms with van der Waals surface area (Å²) in [5.74, 6) is 0. The van der Waals surface area contributed by atoms with Crippen molar-refractivity contribution >= 4 is 22.7 Å². The molecule has 0 unspecified atom stereocenters. The van der Waals surface area contributed by atoms with Crippen LogP contribution in [-0.2, 0) is 12.8 Å². The van der Waals surface area contributed by atoms with E-state index in [1.807, 2.05) is 0 Å². The Hall–Kier alpha value is -0.150. The average Bonchev–Trinajstić information content (AvgIpc) is 2.22. The predicted octanol–water partition coefficient (Wildman–Crippen LogP) is 1.78. The minimum atomic E-state index is 0.778. The topological polar surface area (TPSA) is 23.9 Å². The van der Waals surface area contributed by atoms with Crippen molar-refractivity contribution in [3.8, 4) is 0 Å². The molecule has 1 N–H and O–H groups in total. The second kappa shape index (κ2) is 1.92. The third-order valence-electron chi connectivity index (χ3n) is 1.55. The zero-order valence-corrected chi connectivity index (χ0v) is 6.57. The molecular weight excluding hydrogens is 150 g/mol. The number of nitrogens with one attached hydrogen (secondary N) is 1. The molecule has 2 rings (SSSR count). The van der Waals surface area contributed by atoms with Crippen molar-refractivity contribution < 1.29 is 0 Å². The van der Waals surface area contributed by atoms with E-state index in [0.29, 0.717) is 0 Å². The molecule has 1 aromatic heterocycles. The molecule has 0 saturated carbocycles. The smallest absolute Gasteiger partial charge is 0.163 e. The minimum absolute atomic E-state index is 0.778. The van der Waals surface area contributed by atoms with E-state index in [2.05, 4.69) is 0 Å². The lowest BCUT2D eigenvalue weighted by Gasteiger charge is -1.77. The molecule has 48 valence electrons. The van der Waals surface area contributed by atoms with Crippen LogP contribution in [0.25, 0.3) is 0 Å². The minimum Gasteiger partial charge on any atom is -0.281 e. The molecule has 1 nitrogen and oxygen atoms in total. The zero-order valence-electron chi connectivity index (χ0n) is 4.94. The Bertz CT molecular complexity index is 246. The Kier molecular flexibility index (Phi) is 1.20. The van der Waals surface area contributed by atoms with Crippen LogP contribution in [0.1, 0.15) is 16.2 Å². The summed E-state index contributed by atoms with van der Waals surface area (Å²) in [6, 6.07) is 0. The summed E-state index contributed by atoms with van der Waals surface area (Å²) in [7, 11) is 0. The molecule has 1 heterocycles. The van der Waals surface area contributed by atoms with E-state index >= 15 is 0 Å². The average molecular weight is 157 g/mol. The lowest BCUT2D eigenvalue weighted by atomic mass is 10.4. The quantitative estimate of drug-likeness (QED) is 0.593. The van der Waals surface area contributed by atoms with E-state index in [9.17, 15) is 0 Å². The largest absolute Gasteiger partial charge is 0.281 e. The van der Waals surface area contributed by atoms with Gasteiger partial charge >= 0.3 is 0 Å². The lowest BCUT2D eigenvalue weighted by molar-refractivity contribution is 0.920. The molecule has 9 heavy (non-hydrogen) atoms. The molecule has 0 amide bonds. The third-order valence-corrected chi connectivity index (χ3v) is 3.94. The molecule has 1 aliphatic rings. The van der Waals surface area contributed by atoms with Crippen LogP contribution in [-0.4, -0.2) is 0 Å². The van der Waals surface area contributed by atoms with Crippen molar-refractivity contribution in [3.63, 3.8) is 0 Å². The number of fused-ring (bicyclic) bond motifs is 1. The first-order valence-corrected chi connectivity index (χ1v) is 4.66. The van der Waals surface area contributed by atoms with Crippen LogP contribution in [0.3, 0.4) is 0 Å². The predicted molar refractivity (Wildman–Crippen MR) is 40.1 cm³/mol. The fourth-order valence-electron chi connectivity index (χ4n) is 1.15. The van der Waals surface area contributed by atoms with Crippen LogP contribution in [0.15, 0.2) is 0 Å². The maximum absolute atomic E-state index is 7.33. The molecule has 0 bridgehead atoms. The summed E-state index contributed by atoms with van der Waals surface area (Å²) >= 11 is 3.32. The van der Waals surface area contributed by atoms with Gasteiger partial charge < -0.3 is 0 Å². The molecule has 3 heteroatoms. The van der Waals surface area contributed by atoms with E-state index in [-0.39, 0.29) is 0 Å². The zero-order chi connectivity index (χ0) is 6.27. The first kappa shape index (κ1) is 5.62. The summed E-state index contributed by atoms with van der Waals surface area (Å²) in [5.41, 5.74) is 0. The van der Waals surface area contributed by atoms with Gasteiger partial charge in [0, 0.05) is 9.75 Å². The van der Waals surface area contributed by atoms with Crippen LogP contribution in [0.5, 0.6) is 0 Å². The molecular formula is C6H7NS2. The standard InChI is InChI=1S/C6H7NS2/c7-6-8-4-2-1-3-5(4)9-6/h7H,1-3H2. The first-order chi connectivity index (χ1) is 4.36. The van der Waals surface area contributed by atoms with Gasteiger partial charge in [-0.15, -0.1) is 22.7 Å². The van der Waals surface area contributed by atoms with Crippen LogP contribution >= 0.6 is 22.7 Å². The molecule has 0 fully saturated rings. The summed E-state index contributed by atoms with van der Waals surface area (Å²) in [4.78, 5) is 2.95. The van der Waals surface area contributed by atoms with Gasteiger partial charge in [-0.3, -0.25) is 5.41 Å². The molecule has 1 aliphatic carbocycles. The van der Waals surface area contributed by atoms with Crippen molar-refractivity contribution in [2.75, 3.05) is 0 Å². The van der Waals surface area contributed by atoms with E-state index in [1.54, 1.807) is 22.7 Å². The molecule has 0 spiro atoms. The van der Waals surface area contributed by atoms with Gasteiger partial charge in [0.05, 0.1) is 0 Å². The monoisotopic (exact) mass is 157 g/mol. The Morgan fingerprint density at radius 1 is 1.11 bits per heavy atom. The summed E-state index contributed by atoms with van der Waals surface area (Å²) in [6.45, 7) is 0. The van der Waals surface area contributed by atoms with Crippen molar-refractivity contribution in [2.24, 2.45) is 0 Å². The van der Waals surface area contributed by atoms with E-state index in [1.165, 1.54) is 29.0 Å². The maximum atomic E-state index is 7.33. The van der Waals surface area contributed by atoms with Gasteiger partial charge in [-0.1, -0.05) is 0 Å². The third kappa shape index (κ3) is 0.843. The lowest BCUT2D eigenvalue weighted by Crippen LogP contribution is -1.79. The normalized spacial score (nSPS) is 16.0. The summed E-state index contributed by atoms with van der Waals surface area (Å²) in [5, 5.41) is 7.33. The highest BCUT2D eigenvalue weighted by Gasteiger charge is 2.12. The van der Waals surface area contributed by atoms with Gasteiger partial charge in [0.15, 0.2) is 3.98 Å². The van der Waals surface area contributed by atoms with Crippen molar-refractivity contribution in [2.45, 2.75) is 19.3 Å². The molecule has 0 aromatic carbocycles. The van der Waals surface area contributed by atoms with E-state index in [4.69, 9.17) is 5.41 Å². The summed E-state index contributed by atoms with van der Waals surface area (Å²) < 4.78 is 0.778. The van der Waals surface area contributed by atoms with Crippen molar-refractivity contribution in [1.29, 1.82) is 5.41 Å². The molecule has 0 atom stereocenters. The Labute approximate surface area is 61.5 Å².